The fraction of sp³-hybridized carbons (Fsp3) is 0.167. The molecule has 2 amide bonds. The van der Waals surface area contributed by atoms with Gasteiger partial charge in [0.25, 0.3) is 17.5 Å². The van der Waals surface area contributed by atoms with Gasteiger partial charge in [0.05, 0.1) is 17.1 Å². The van der Waals surface area contributed by atoms with Crippen molar-refractivity contribution in [3.8, 4) is 5.75 Å². The van der Waals surface area contributed by atoms with Crippen molar-refractivity contribution >= 4 is 50.8 Å². The first kappa shape index (κ1) is 22.2. The molecule has 0 aromatic heterocycles. The van der Waals surface area contributed by atoms with Crippen molar-refractivity contribution in [1.29, 1.82) is 0 Å². The Morgan fingerprint density at radius 1 is 1.14 bits per heavy atom. The highest BCUT2D eigenvalue weighted by atomic mass is 79.9. The standard InChI is InChI=1S/C18H17BrN4O5S/c1-2-9-28-15-8-5-12(19)10-14(15)17(25)20-18(29)22-21-16(24)11-3-6-13(7-4-11)23(26)27/h3-8,10H,2,9H2,1H3,(H,21,24)(H2,20,22,25,29). The minimum absolute atomic E-state index is 0.132. The van der Waals surface area contributed by atoms with Crippen LogP contribution < -0.4 is 20.9 Å². The minimum Gasteiger partial charge on any atom is -0.493 e. The molecule has 0 aliphatic rings. The number of nitro benzene ring substituents is 1. The normalized spacial score (nSPS) is 10.0. The van der Waals surface area contributed by atoms with Gasteiger partial charge in [0, 0.05) is 22.2 Å². The molecule has 3 N–H and O–H groups in total. The van der Waals surface area contributed by atoms with Crippen LogP contribution in [-0.4, -0.2) is 28.5 Å². The molecule has 0 saturated carbocycles. The van der Waals surface area contributed by atoms with Crippen LogP contribution in [0.4, 0.5) is 5.69 Å². The SMILES string of the molecule is CCCOc1ccc(Br)cc1C(=O)NC(=S)NNC(=O)c1ccc([N+](=O)[O-])cc1. The van der Waals surface area contributed by atoms with Crippen LogP contribution in [0, 0.1) is 10.1 Å². The van der Waals surface area contributed by atoms with E-state index in [-0.39, 0.29) is 21.9 Å². The first-order valence-corrected chi connectivity index (χ1v) is 9.60. The zero-order chi connectivity index (χ0) is 21.4. The number of hydrogen-bond donors (Lipinski definition) is 3. The van der Waals surface area contributed by atoms with E-state index < -0.39 is 16.7 Å². The molecular formula is C18H17BrN4O5S. The first-order chi connectivity index (χ1) is 13.8. The van der Waals surface area contributed by atoms with Crippen LogP contribution in [0.5, 0.6) is 5.75 Å². The maximum Gasteiger partial charge on any atom is 0.269 e. The predicted molar refractivity (Wildman–Crippen MR) is 114 cm³/mol. The largest absolute Gasteiger partial charge is 0.493 e. The van der Waals surface area contributed by atoms with Crippen LogP contribution in [-0.2, 0) is 0 Å². The number of hydrogen-bond acceptors (Lipinski definition) is 6. The van der Waals surface area contributed by atoms with Gasteiger partial charge in [-0.3, -0.25) is 35.9 Å². The molecule has 0 saturated heterocycles. The van der Waals surface area contributed by atoms with Gasteiger partial charge in [0.15, 0.2) is 5.11 Å². The van der Waals surface area contributed by atoms with Crippen molar-refractivity contribution < 1.29 is 19.2 Å². The summed E-state index contributed by atoms with van der Waals surface area (Å²) in [6.45, 7) is 2.40. The van der Waals surface area contributed by atoms with Crippen molar-refractivity contribution in [3.05, 3.63) is 68.2 Å². The number of nitrogens with zero attached hydrogens (tertiary/aromatic N) is 1. The summed E-state index contributed by atoms with van der Waals surface area (Å²) in [5, 5.41) is 13.0. The molecule has 0 spiro atoms. The van der Waals surface area contributed by atoms with E-state index in [0.717, 1.165) is 6.42 Å². The molecule has 9 nitrogen and oxygen atoms in total. The Morgan fingerprint density at radius 3 is 2.45 bits per heavy atom. The van der Waals surface area contributed by atoms with Gasteiger partial charge >= 0.3 is 0 Å². The van der Waals surface area contributed by atoms with Gasteiger partial charge < -0.3 is 4.74 Å². The molecule has 0 heterocycles. The van der Waals surface area contributed by atoms with Gasteiger partial charge in [-0.2, -0.15) is 0 Å². The van der Waals surface area contributed by atoms with Crippen LogP contribution in [0.3, 0.4) is 0 Å². The molecule has 0 atom stereocenters. The molecule has 0 aliphatic carbocycles. The van der Waals surface area contributed by atoms with Crippen LogP contribution in [0.1, 0.15) is 34.1 Å². The average Bonchev–Trinajstić information content (AvgIpc) is 2.71. The van der Waals surface area contributed by atoms with E-state index in [1.54, 1.807) is 18.2 Å². The Hall–Kier alpha value is -3.05. The third-order valence-electron chi connectivity index (χ3n) is 3.50. The lowest BCUT2D eigenvalue weighted by atomic mass is 10.2. The fourth-order valence-corrected chi connectivity index (χ4v) is 2.64. The third kappa shape index (κ3) is 6.50. The van der Waals surface area contributed by atoms with E-state index in [9.17, 15) is 19.7 Å². The molecule has 2 rings (SSSR count). The molecule has 0 bridgehead atoms. The monoisotopic (exact) mass is 480 g/mol. The lowest BCUT2D eigenvalue weighted by Gasteiger charge is -2.13. The van der Waals surface area contributed by atoms with E-state index in [1.807, 2.05) is 6.92 Å². The van der Waals surface area contributed by atoms with E-state index >= 15 is 0 Å². The summed E-state index contributed by atoms with van der Waals surface area (Å²) in [6.07, 6.45) is 0.783. The number of rotatable bonds is 6. The van der Waals surface area contributed by atoms with Crippen LogP contribution >= 0.6 is 28.1 Å². The summed E-state index contributed by atoms with van der Waals surface area (Å²) in [7, 11) is 0. The number of nitrogens with one attached hydrogen (secondary N) is 3. The van der Waals surface area contributed by atoms with Crippen LogP contribution in [0.15, 0.2) is 46.9 Å². The zero-order valence-electron chi connectivity index (χ0n) is 15.2. The summed E-state index contributed by atoms with van der Waals surface area (Å²) < 4.78 is 6.25. The Bertz CT molecular complexity index is 936. The molecule has 0 unspecified atom stereocenters. The third-order valence-corrected chi connectivity index (χ3v) is 4.20. The summed E-state index contributed by atoms with van der Waals surface area (Å²) in [6, 6.07) is 10.0. The van der Waals surface area contributed by atoms with Crippen molar-refractivity contribution in [2.24, 2.45) is 0 Å². The Balaban J connectivity index is 1.95. The number of amides is 2. The Labute approximate surface area is 180 Å². The summed E-state index contributed by atoms with van der Waals surface area (Å²) in [5.41, 5.74) is 5.04. The molecule has 2 aromatic rings. The van der Waals surface area contributed by atoms with Gasteiger partial charge in [-0.15, -0.1) is 0 Å². The smallest absolute Gasteiger partial charge is 0.269 e. The highest BCUT2D eigenvalue weighted by molar-refractivity contribution is 9.10. The molecule has 11 heteroatoms. The molecule has 2 aromatic carbocycles. The summed E-state index contributed by atoms with van der Waals surface area (Å²) in [4.78, 5) is 34.6. The number of non-ortho nitro benzene ring substituents is 1. The van der Waals surface area contributed by atoms with Gasteiger partial charge in [-0.05, 0) is 49.0 Å². The van der Waals surface area contributed by atoms with Crippen molar-refractivity contribution in [2.45, 2.75) is 13.3 Å². The zero-order valence-corrected chi connectivity index (χ0v) is 17.6. The molecule has 152 valence electrons. The number of ether oxygens (including phenoxy) is 1. The number of benzene rings is 2. The molecule has 0 aliphatic heterocycles. The van der Waals surface area contributed by atoms with Gasteiger partial charge in [-0.1, -0.05) is 22.9 Å². The number of carbonyl (C=O) groups is 2. The quantitative estimate of drug-likeness (QED) is 0.329. The number of carbonyl (C=O) groups excluding carboxylic acids is 2. The topological polar surface area (TPSA) is 123 Å². The van der Waals surface area contributed by atoms with Crippen LogP contribution in [0.25, 0.3) is 0 Å². The van der Waals surface area contributed by atoms with Crippen molar-refractivity contribution in [2.75, 3.05) is 6.61 Å². The maximum absolute atomic E-state index is 12.5. The second-order valence-electron chi connectivity index (χ2n) is 5.66. The molecular weight excluding hydrogens is 464 g/mol. The average molecular weight is 481 g/mol. The Kier molecular flexibility index (Phi) is 8.04. The van der Waals surface area contributed by atoms with Gasteiger partial charge in [-0.25, -0.2) is 0 Å². The summed E-state index contributed by atoms with van der Waals surface area (Å²) >= 11 is 8.32. The number of hydrazine groups is 1. The summed E-state index contributed by atoms with van der Waals surface area (Å²) in [5.74, 6) is -0.685. The van der Waals surface area contributed by atoms with E-state index in [1.165, 1.54) is 24.3 Å². The Morgan fingerprint density at radius 2 is 1.83 bits per heavy atom. The first-order valence-electron chi connectivity index (χ1n) is 8.40. The van der Waals surface area contributed by atoms with Crippen molar-refractivity contribution in [1.82, 2.24) is 16.2 Å². The fourth-order valence-electron chi connectivity index (χ4n) is 2.14. The van der Waals surface area contributed by atoms with Gasteiger partial charge in [0.1, 0.15) is 5.75 Å². The number of nitro groups is 1. The molecule has 29 heavy (non-hydrogen) atoms. The van der Waals surface area contributed by atoms with E-state index in [4.69, 9.17) is 17.0 Å². The number of halogens is 1. The number of thiocarbonyl (C=S) groups is 1. The molecule has 0 radical (unpaired) electrons. The second-order valence-corrected chi connectivity index (χ2v) is 6.98. The van der Waals surface area contributed by atoms with Gasteiger partial charge in [0.2, 0.25) is 0 Å². The van der Waals surface area contributed by atoms with Crippen LogP contribution in [0.2, 0.25) is 0 Å². The lowest BCUT2D eigenvalue weighted by Crippen LogP contribution is -2.48. The van der Waals surface area contributed by atoms with Crippen molar-refractivity contribution in [3.63, 3.8) is 0 Å². The predicted octanol–water partition coefficient (Wildman–Crippen LogP) is 3.10. The second kappa shape index (κ2) is 10.5. The highest BCUT2D eigenvalue weighted by Gasteiger charge is 2.15. The van der Waals surface area contributed by atoms with E-state index in [0.29, 0.717) is 16.8 Å². The maximum atomic E-state index is 12.5. The molecule has 0 fully saturated rings. The van der Waals surface area contributed by atoms with E-state index in [2.05, 4.69) is 32.1 Å². The highest BCUT2D eigenvalue weighted by Crippen LogP contribution is 2.23. The lowest BCUT2D eigenvalue weighted by molar-refractivity contribution is -0.384. The minimum atomic E-state index is -0.578.